The molecule has 80 valence electrons. The summed E-state index contributed by atoms with van der Waals surface area (Å²) in [6.45, 7) is -0.0636. The first kappa shape index (κ1) is 11.0. The van der Waals surface area contributed by atoms with E-state index in [9.17, 15) is 0 Å². The number of nitrogens with zero attached hydrogens (tertiary/aromatic N) is 1. The van der Waals surface area contributed by atoms with Crippen LogP contribution in [0.2, 0.25) is 0 Å². The normalized spacial score (nSPS) is 12.3. The molecule has 1 heterocycles. The van der Waals surface area contributed by atoms with Crippen LogP contribution in [-0.2, 0) is 10.4 Å². The zero-order valence-corrected chi connectivity index (χ0v) is 9.64. The van der Waals surface area contributed by atoms with E-state index in [1.165, 1.54) is 0 Å². The van der Waals surface area contributed by atoms with Gasteiger partial charge in [0.2, 0.25) is 5.89 Å². The van der Waals surface area contributed by atoms with Gasteiger partial charge in [-0.3, -0.25) is 0 Å². The summed E-state index contributed by atoms with van der Waals surface area (Å²) in [6.07, 6.45) is 0. The molecule has 2 rings (SSSR count). The molecule has 0 aliphatic heterocycles. The number of hydrogen-bond acceptors (Lipinski definition) is 3. The minimum Gasteiger partial charge on any atom is -0.436 e. The first-order chi connectivity index (χ1) is 7.00. The Kier molecular flexibility index (Phi) is 2.81. The van der Waals surface area contributed by atoms with Crippen LogP contribution < -0.4 is 0 Å². The van der Waals surface area contributed by atoms with Crippen molar-refractivity contribution in [2.75, 3.05) is 0 Å². The van der Waals surface area contributed by atoms with Crippen LogP contribution in [-0.4, -0.2) is 10.1 Å². The monoisotopic (exact) mass is 265 g/mol. The highest BCUT2D eigenvalue weighted by Crippen LogP contribution is 2.38. The third-order valence-corrected chi connectivity index (χ3v) is 2.36. The molecule has 0 aliphatic carbocycles. The molecule has 15 heavy (non-hydrogen) atoms. The summed E-state index contributed by atoms with van der Waals surface area (Å²) >= 11 is 16.9. The number of fused-ring (bicyclic) bond motifs is 1. The van der Waals surface area contributed by atoms with Gasteiger partial charge in [0.1, 0.15) is 5.52 Å². The van der Waals surface area contributed by atoms with Gasteiger partial charge in [-0.25, -0.2) is 4.98 Å². The summed E-state index contributed by atoms with van der Waals surface area (Å²) in [5.41, 5.74) is 1.81. The Morgan fingerprint density at radius 1 is 1.33 bits per heavy atom. The predicted octanol–water partition coefficient (Wildman–Crippen LogP) is 3.15. The van der Waals surface area contributed by atoms with E-state index in [1.807, 2.05) is 0 Å². The van der Waals surface area contributed by atoms with E-state index in [0.717, 1.165) is 5.56 Å². The smallest absolute Gasteiger partial charge is 0.266 e. The third kappa shape index (κ3) is 2.21. The topological polar surface area (TPSA) is 46.3 Å². The molecule has 1 aromatic heterocycles. The molecule has 0 atom stereocenters. The van der Waals surface area contributed by atoms with Crippen molar-refractivity contribution in [2.24, 2.45) is 0 Å². The maximum absolute atomic E-state index is 8.93. The molecular formula is C9H6Cl3NO2. The van der Waals surface area contributed by atoms with Crippen molar-refractivity contribution in [3.8, 4) is 0 Å². The summed E-state index contributed by atoms with van der Waals surface area (Å²) in [7, 11) is 0. The van der Waals surface area contributed by atoms with Crippen LogP contribution in [0.15, 0.2) is 22.6 Å². The fraction of sp³-hybridized carbons (Fsp3) is 0.222. The second-order valence-electron chi connectivity index (χ2n) is 2.98. The first-order valence-corrected chi connectivity index (χ1v) is 5.21. The number of oxazole rings is 1. The van der Waals surface area contributed by atoms with Gasteiger partial charge in [0.25, 0.3) is 3.79 Å². The van der Waals surface area contributed by atoms with Gasteiger partial charge < -0.3 is 9.52 Å². The molecule has 0 saturated carbocycles. The van der Waals surface area contributed by atoms with Crippen LogP contribution in [0.3, 0.4) is 0 Å². The lowest BCUT2D eigenvalue weighted by Gasteiger charge is -2.02. The minimum absolute atomic E-state index is 0.0255. The van der Waals surface area contributed by atoms with E-state index >= 15 is 0 Å². The highest BCUT2D eigenvalue weighted by Gasteiger charge is 2.29. The number of aliphatic hydroxyl groups is 1. The first-order valence-electron chi connectivity index (χ1n) is 4.08. The molecule has 2 aromatic rings. The van der Waals surface area contributed by atoms with Crippen molar-refractivity contribution in [1.82, 2.24) is 4.98 Å². The average molecular weight is 267 g/mol. The number of aliphatic hydroxyl groups excluding tert-OH is 1. The van der Waals surface area contributed by atoms with Gasteiger partial charge in [-0.15, -0.1) is 0 Å². The van der Waals surface area contributed by atoms with Gasteiger partial charge in [-0.05, 0) is 17.7 Å². The van der Waals surface area contributed by atoms with Crippen LogP contribution in [0, 0.1) is 0 Å². The Balaban J connectivity index is 2.56. The van der Waals surface area contributed by atoms with E-state index in [1.54, 1.807) is 18.2 Å². The highest BCUT2D eigenvalue weighted by atomic mass is 35.6. The van der Waals surface area contributed by atoms with Crippen LogP contribution >= 0.6 is 34.8 Å². The quantitative estimate of drug-likeness (QED) is 0.807. The maximum atomic E-state index is 8.93. The predicted molar refractivity (Wildman–Crippen MR) is 59.2 cm³/mol. The molecule has 6 heteroatoms. The van der Waals surface area contributed by atoms with Crippen molar-refractivity contribution < 1.29 is 9.52 Å². The van der Waals surface area contributed by atoms with Crippen LogP contribution in [0.25, 0.3) is 11.1 Å². The summed E-state index contributed by atoms with van der Waals surface area (Å²) in [4.78, 5) is 4.02. The Morgan fingerprint density at radius 2 is 2.07 bits per heavy atom. The van der Waals surface area contributed by atoms with Gasteiger partial charge >= 0.3 is 0 Å². The maximum Gasteiger partial charge on any atom is 0.266 e. The van der Waals surface area contributed by atoms with Crippen molar-refractivity contribution in [3.63, 3.8) is 0 Å². The number of aromatic nitrogens is 1. The number of alkyl halides is 3. The average Bonchev–Trinajstić information content (AvgIpc) is 2.59. The molecule has 1 aromatic carbocycles. The Labute approximate surface area is 101 Å². The zero-order chi connectivity index (χ0) is 11.1. The largest absolute Gasteiger partial charge is 0.436 e. The summed E-state index contributed by atoms with van der Waals surface area (Å²) < 4.78 is 3.58. The molecule has 0 aliphatic rings. The number of benzene rings is 1. The lowest BCUT2D eigenvalue weighted by atomic mass is 10.2. The van der Waals surface area contributed by atoms with Crippen molar-refractivity contribution in [1.29, 1.82) is 0 Å². The third-order valence-electron chi connectivity index (χ3n) is 1.88. The SMILES string of the molecule is OCc1ccc2oc(C(Cl)(Cl)Cl)nc2c1. The zero-order valence-electron chi connectivity index (χ0n) is 7.38. The van der Waals surface area contributed by atoms with E-state index in [4.69, 9.17) is 44.3 Å². The lowest BCUT2D eigenvalue weighted by molar-refractivity contribution is 0.282. The number of halogens is 3. The molecule has 0 unspecified atom stereocenters. The minimum atomic E-state index is -1.67. The van der Waals surface area contributed by atoms with Gasteiger partial charge in [-0.2, -0.15) is 0 Å². The van der Waals surface area contributed by atoms with Crippen LogP contribution in [0.4, 0.5) is 0 Å². The number of hydrogen-bond donors (Lipinski definition) is 1. The molecule has 1 N–H and O–H groups in total. The lowest BCUT2D eigenvalue weighted by Crippen LogP contribution is -1.99. The van der Waals surface area contributed by atoms with E-state index in [2.05, 4.69) is 4.98 Å². The summed E-state index contributed by atoms with van der Waals surface area (Å²) in [5, 5.41) is 8.93. The molecular weight excluding hydrogens is 260 g/mol. The summed E-state index contributed by atoms with van der Waals surface area (Å²) in [6, 6.07) is 5.07. The Hall–Kier alpha value is -0.480. The highest BCUT2D eigenvalue weighted by molar-refractivity contribution is 6.66. The number of rotatable bonds is 1. The van der Waals surface area contributed by atoms with E-state index in [-0.39, 0.29) is 12.5 Å². The molecule has 3 nitrogen and oxygen atoms in total. The van der Waals surface area contributed by atoms with Crippen molar-refractivity contribution in [2.45, 2.75) is 10.4 Å². The van der Waals surface area contributed by atoms with E-state index in [0.29, 0.717) is 11.1 Å². The van der Waals surface area contributed by atoms with Gasteiger partial charge in [0.15, 0.2) is 5.58 Å². The molecule has 0 spiro atoms. The Morgan fingerprint density at radius 3 is 2.67 bits per heavy atom. The van der Waals surface area contributed by atoms with Crippen molar-refractivity contribution >= 4 is 45.9 Å². The molecule has 0 saturated heterocycles. The van der Waals surface area contributed by atoms with Gasteiger partial charge in [0, 0.05) is 0 Å². The fourth-order valence-corrected chi connectivity index (χ4v) is 1.44. The van der Waals surface area contributed by atoms with E-state index < -0.39 is 3.79 Å². The van der Waals surface area contributed by atoms with Gasteiger partial charge in [-0.1, -0.05) is 40.9 Å². The second kappa shape index (κ2) is 3.83. The molecule has 0 amide bonds. The van der Waals surface area contributed by atoms with Crippen LogP contribution in [0.1, 0.15) is 11.5 Å². The molecule has 0 bridgehead atoms. The Bertz CT molecular complexity index is 490. The fourth-order valence-electron chi connectivity index (χ4n) is 1.19. The standard InChI is InChI=1S/C9H6Cl3NO2/c10-9(11,12)8-13-6-3-5(4-14)1-2-7(6)15-8/h1-3,14H,4H2. The second-order valence-corrected chi connectivity index (χ2v) is 5.26. The summed E-state index contributed by atoms with van der Waals surface area (Å²) in [5.74, 6) is 0.0255. The van der Waals surface area contributed by atoms with Crippen molar-refractivity contribution in [3.05, 3.63) is 29.7 Å². The molecule has 0 radical (unpaired) electrons. The van der Waals surface area contributed by atoms with Gasteiger partial charge in [0.05, 0.1) is 6.61 Å². The van der Waals surface area contributed by atoms with Crippen LogP contribution in [0.5, 0.6) is 0 Å². The molecule has 0 fully saturated rings.